The molecule has 27 heavy (non-hydrogen) atoms. The maximum atomic E-state index is 11.8. The predicted molar refractivity (Wildman–Crippen MR) is 107 cm³/mol. The fourth-order valence-electron chi connectivity index (χ4n) is 2.58. The van der Waals surface area contributed by atoms with Crippen molar-refractivity contribution in [2.45, 2.75) is 39.5 Å². The summed E-state index contributed by atoms with van der Waals surface area (Å²) >= 11 is 5.90. The van der Waals surface area contributed by atoms with Crippen molar-refractivity contribution in [3.63, 3.8) is 0 Å². The molecule has 0 spiro atoms. The molecule has 2 aromatic carbocycles. The third-order valence-electron chi connectivity index (χ3n) is 4.01. The summed E-state index contributed by atoms with van der Waals surface area (Å²) in [6.07, 6.45) is 1.78. The molecular formula is C21H25ClN2O3. The van der Waals surface area contributed by atoms with Gasteiger partial charge in [0.1, 0.15) is 5.75 Å². The molecule has 2 aromatic rings. The number of hydrogen-bond acceptors (Lipinski definition) is 3. The lowest BCUT2D eigenvalue weighted by Gasteiger charge is -2.10. The fourth-order valence-corrected chi connectivity index (χ4v) is 2.81. The smallest absolute Gasteiger partial charge is 0.238 e. The van der Waals surface area contributed by atoms with Crippen LogP contribution in [0.15, 0.2) is 42.5 Å². The van der Waals surface area contributed by atoms with Crippen LogP contribution in [0.1, 0.15) is 36.0 Å². The largest absolute Gasteiger partial charge is 0.493 e. The van der Waals surface area contributed by atoms with Gasteiger partial charge in [0, 0.05) is 17.9 Å². The second kappa shape index (κ2) is 10.6. The summed E-state index contributed by atoms with van der Waals surface area (Å²) in [5.41, 5.74) is 8.10. The molecule has 6 heteroatoms. The van der Waals surface area contributed by atoms with Crippen molar-refractivity contribution in [1.82, 2.24) is 10.9 Å². The molecule has 2 amide bonds. The van der Waals surface area contributed by atoms with E-state index < -0.39 is 0 Å². The molecular weight excluding hydrogens is 364 g/mol. The van der Waals surface area contributed by atoms with E-state index in [-0.39, 0.29) is 18.2 Å². The highest BCUT2D eigenvalue weighted by atomic mass is 35.5. The quantitative estimate of drug-likeness (QED) is 0.532. The maximum absolute atomic E-state index is 11.8. The van der Waals surface area contributed by atoms with E-state index in [0.717, 1.165) is 22.4 Å². The third kappa shape index (κ3) is 7.71. The van der Waals surface area contributed by atoms with Crippen LogP contribution in [0.25, 0.3) is 0 Å². The SMILES string of the molecule is Cc1cccc(CCC(=O)NNC(=O)CCCOc2ccc(Cl)cc2C)c1. The van der Waals surface area contributed by atoms with Gasteiger partial charge in [0.2, 0.25) is 11.8 Å². The van der Waals surface area contributed by atoms with Crippen LogP contribution in [0.2, 0.25) is 5.02 Å². The van der Waals surface area contributed by atoms with E-state index in [4.69, 9.17) is 16.3 Å². The second-order valence-corrected chi connectivity index (χ2v) is 6.88. The maximum Gasteiger partial charge on any atom is 0.238 e. The lowest BCUT2D eigenvalue weighted by molar-refractivity contribution is -0.129. The predicted octanol–water partition coefficient (Wildman–Crippen LogP) is 3.90. The van der Waals surface area contributed by atoms with Gasteiger partial charge in [-0.1, -0.05) is 41.4 Å². The molecule has 0 aromatic heterocycles. The van der Waals surface area contributed by atoms with E-state index in [1.54, 1.807) is 6.07 Å². The van der Waals surface area contributed by atoms with Crippen LogP contribution in [0.3, 0.4) is 0 Å². The molecule has 2 rings (SSSR count). The zero-order chi connectivity index (χ0) is 19.6. The molecule has 0 unspecified atom stereocenters. The summed E-state index contributed by atoms with van der Waals surface area (Å²) in [5.74, 6) is 0.303. The van der Waals surface area contributed by atoms with E-state index in [2.05, 4.69) is 10.9 Å². The first-order chi connectivity index (χ1) is 12.9. The van der Waals surface area contributed by atoms with Crippen LogP contribution in [-0.2, 0) is 16.0 Å². The third-order valence-corrected chi connectivity index (χ3v) is 4.24. The van der Waals surface area contributed by atoms with Gasteiger partial charge < -0.3 is 4.74 Å². The van der Waals surface area contributed by atoms with Crippen molar-refractivity contribution in [3.8, 4) is 5.75 Å². The Balaban J connectivity index is 1.59. The van der Waals surface area contributed by atoms with Crippen molar-refractivity contribution in [2.75, 3.05) is 6.61 Å². The van der Waals surface area contributed by atoms with Crippen LogP contribution in [0, 0.1) is 13.8 Å². The fraction of sp³-hybridized carbons (Fsp3) is 0.333. The normalized spacial score (nSPS) is 10.3. The van der Waals surface area contributed by atoms with Gasteiger partial charge in [-0.3, -0.25) is 20.4 Å². The van der Waals surface area contributed by atoms with Gasteiger partial charge in [0.05, 0.1) is 6.61 Å². The number of rotatable bonds is 8. The number of nitrogens with one attached hydrogen (secondary N) is 2. The van der Waals surface area contributed by atoms with Gasteiger partial charge >= 0.3 is 0 Å². The first-order valence-electron chi connectivity index (χ1n) is 8.96. The Morgan fingerprint density at radius 3 is 2.44 bits per heavy atom. The van der Waals surface area contributed by atoms with Crippen molar-refractivity contribution >= 4 is 23.4 Å². The molecule has 2 N–H and O–H groups in total. The minimum absolute atomic E-state index is 0.210. The van der Waals surface area contributed by atoms with E-state index in [9.17, 15) is 9.59 Å². The summed E-state index contributed by atoms with van der Waals surface area (Å²) in [4.78, 5) is 23.6. The molecule has 0 saturated heterocycles. The highest BCUT2D eigenvalue weighted by Crippen LogP contribution is 2.21. The summed E-state index contributed by atoms with van der Waals surface area (Å²) in [6.45, 7) is 4.35. The number of halogens is 1. The number of benzene rings is 2. The summed E-state index contributed by atoms with van der Waals surface area (Å²) in [5, 5.41) is 0.664. The van der Waals surface area contributed by atoms with Crippen LogP contribution in [0.5, 0.6) is 5.75 Å². The van der Waals surface area contributed by atoms with Gasteiger partial charge in [-0.2, -0.15) is 0 Å². The summed E-state index contributed by atoms with van der Waals surface area (Å²) in [7, 11) is 0. The van der Waals surface area contributed by atoms with Gasteiger partial charge in [0.25, 0.3) is 0 Å². The Labute approximate surface area is 165 Å². The molecule has 0 heterocycles. The molecule has 5 nitrogen and oxygen atoms in total. The number of carbonyl (C=O) groups excluding carboxylic acids is 2. The molecule has 0 radical (unpaired) electrons. The number of carbonyl (C=O) groups is 2. The van der Waals surface area contributed by atoms with Crippen LogP contribution < -0.4 is 15.6 Å². The monoisotopic (exact) mass is 388 g/mol. The first kappa shape index (κ1) is 20.8. The zero-order valence-electron chi connectivity index (χ0n) is 15.7. The van der Waals surface area contributed by atoms with Crippen molar-refractivity contribution in [1.29, 1.82) is 0 Å². The van der Waals surface area contributed by atoms with E-state index in [1.165, 1.54) is 0 Å². The summed E-state index contributed by atoms with van der Waals surface area (Å²) < 4.78 is 5.64. The van der Waals surface area contributed by atoms with Crippen molar-refractivity contribution in [3.05, 3.63) is 64.2 Å². The van der Waals surface area contributed by atoms with Gasteiger partial charge in [-0.05, 0) is 56.0 Å². The van der Waals surface area contributed by atoms with E-state index >= 15 is 0 Å². The molecule has 0 aliphatic heterocycles. The van der Waals surface area contributed by atoms with E-state index in [0.29, 0.717) is 30.9 Å². The van der Waals surface area contributed by atoms with Gasteiger partial charge in [0.15, 0.2) is 0 Å². The Morgan fingerprint density at radius 2 is 1.74 bits per heavy atom. The minimum Gasteiger partial charge on any atom is -0.493 e. The molecule has 0 saturated carbocycles. The number of amides is 2. The molecule has 144 valence electrons. The highest BCUT2D eigenvalue weighted by Gasteiger charge is 2.06. The Bertz CT molecular complexity index is 793. The average molecular weight is 389 g/mol. The first-order valence-corrected chi connectivity index (χ1v) is 9.34. The van der Waals surface area contributed by atoms with E-state index in [1.807, 2.05) is 50.2 Å². The van der Waals surface area contributed by atoms with Crippen LogP contribution in [0.4, 0.5) is 0 Å². The number of hydrazine groups is 1. The number of ether oxygens (including phenoxy) is 1. The second-order valence-electron chi connectivity index (χ2n) is 6.45. The molecule has 0 atom stereocenters. The lowest BCUT2D eigenvalue weighted by atomic mass is 10.1. The van der Waals surface area contributed by atoms with Crippen LogP contribution in [-0.4, -0.2) is 18.4 Å². The molecule has 0 fully saturated rings. The Morgan fingerprint density at radius 1 is 1.00 bits per heavy atom. The van der Waals surface area contributed by atoms with Crippen LogP contribution >= 0.6 is 11.6 Å². The standard InChI is InChI=1S/C21H25ClN2O3/c1-15-5-3-6-17(13-15)8-11-21(26)24-23-20(25)7-4-12-27-19-10-9-18(22)14-16(19)2/h3,5-6,9-10,13-14H,4,7-8,11-12H2,1-2H3,(H,23,25)(H,24,26). The minimum atomic E-state index is -0.240. The highest BCUT2D eigenvalue weighted by molar-refractivity contribution is 6.30. The Kier molecular flexibility index (Phi) is 8.14. The Hall–Kier alpha value is -2.53. The lowest BCUT2D eigenvalue weighted by Crippen LogP contribution is -2.41. The molecule has 0 aliphatic rings. The molecule has 0 bridgehead atoms. The number of hydrogen-bond donors (Lipinski definition) is 2. The van der Waals surface area contributed by atoms with Gasteiger partial charge in [-0.25, -0.2) is 0 Å². The summed E-state index contributed by atoms with van der Waals surface area (Å²) in [6, 6.07) is 13.4. The molecule has 0 aliphatic carbocycles. The zero-order valence-corrected chi connectivity index (χ0v) is 16.4. The van der Waals surface area contributed by atoms with Crippen molar-refractivity contribution < 1.29 is 14.3 Å². The van der Waals surface area contributed by atoms with Crippen molar-refractivity contribution in [2.24, 2.45) is 0 Å². The topological polar surface area (TPSA) is 67.4 Å². The average Bonchev–Trinajstić information content (AvgIpc) is 2.63. The van der Waals surface area contributed by atoms with Gasteiger partial charge in [-0.15, -0.1) is 0 Å². The number of aryl methyl sites for hydroxylation is 3.